The average Bonchev–Trinajstić information content (AvgIpc) is 2.82. The molecule has 8 heteroatoms. The largest absolute Gasteiger partial charge is 0.333 e. The number of hydroxylamine groups is 2. The zero-order valence-electron chi connectivity index (χ0n) is 13.2. The number of unbranched alkanes of at least 4 members (excludes halogenated alkanes) is 2. The van der Waals surface area contributed by atoms with Crippen LogP contribution in [-0.4, -0.2) is 46.1 Å². The van der Waals surface area contributed by atoms with E-state index in [0.717, 1.165) is 11.8 Å². The highest BCUT2D eigenvalue weighted by Crippen LogP contribution is 2.09. The normalized spacial score (nSPS) is 13.4. The van der Waals surface area contributed by atoms with Gasteiger partial charge in [-0.25, -0.2) is 4.79 Å². The highest BCUT2D eigenvalue weighted by molar-refractivity contribution is 6.12. The highest BCUT2D eigenvalue weighted by Gasteiger charge is 2.23. The van der Waals surface area contributed by atoms with Crippen molar-refractivity contribution >= 4 is 29.6 Å². The van der Waals surface area contributed by atoms with Crippen LogP contribution in [0.3, 0.4) is 0 Å². The van der Waals surface area contributed by atoms with E-state index in [1.165, 1.54) is 12.2 Å². The van der Waals surface area contributed by atoms with Crippen LogP contribution < -0.4 is 0 Å². The number of imide groups is 2. The van der Waals surface area contributed by atoms with Crippen molar-refractivity contribution in [3.8, 4) is 0 Å². The minimum Gasteiger partial charge on any atom is -0.330 e. The van der Waals surface area contributed by atoms with E-state index in [2.05, 4.69) is 0 Å². The predicted molar refractivity (Wildman–Crippen MR) is 78.2 cm³/mol. The molecule has 1 aliphatic rings. The molecule has 0 N–H and O–H groups in total. The van der Waals surface area contributed by atoms with Crippen LogP contribution in [0.4, 0.5) is 0 Å². The molecule has 0 atom stereocenters. The summed E-state index contributed by atoms with van der Waals surface area (Å²) in [5.41, 5.74) is 0. The maximum Gasteiger partial charge on any atom is 0.333 e. The summed E-state index contributed by atoms with van der Waals surface area (Å²) in [6.07, 6.45) is 4.18. The Labute approximate surface area is 134 Å². The van der Waals surface area contributed by atoms with Crippen LogP contribution >= 0.6 is 0 Å². The Bertz CT molecular complexity index is 522. The molecule has 0 spiro atoms. The smallest absolute Gasteiger partial charge is 0.330 e. The summed E-state index contributed by atoms with van der Waals surface area (Å²) >= 11 is 0. The van der Waals surface area contributed by atoms with Gasteiger partial charge in [-0.3, -0.25) is 24.1 Å². The Hall–Kier alpha value is -2.51. The fourth-order valence-corrected chi connectivity index (χ4v) is 1.95. The van der Waals surface area contributed by atoms with Gasteiger partial charge in [0.2, 0.25) is 0 Å². The maximum absolute atomic E-state index is 11.6. The molecule has 0 bridgehead atoms. The molecular formula is C15H20N2O6. The number of amides is 4. The summed E-state index contributed by atoms with van der Waals surface area (Å²) in [7, 11) is 0. The van der Waals surface area contributed by atoms with E-state index in [-0.39, 0.29) is 24.7 Å². The topological polar surface area (TPSA) is 101 Å². The molecule has 0 aromatic heterocycles. The fraction of sp³-hybridized carbons (Fsp3) is 0.533. The molecule has 8 nitrogen and oxygen atoms in total. The van der Waals surface area contributed by atoms with Crippen LogP contribution in [0.2, 0.25) is 0 Å². The van der Waals surface area contributed by atoms with Gasteiger partial charge in [0, 0.05) is 38.5 Å². The molecule has 0 aromatic rings. The van der Waals surface area contributed by atoms with Crippen LogP contribution in [0.5, 0.6) is 0 Å². The van der Waals surface area contributed by atoms with E-state index in [0.29, 0.717) is 30.9 Å². The van der Waals surface area contributed by atoms with Gasteiger partial charge in [0.1, 0.15) is 0 Å². The second kappa shape index (κ2) is 8.82. The van der Waals surface area contributed by atoms with Gasteiger partial charge in [-0.05, 0) is 12.8 Å². The molecule has 0 fully saturated rings. The number of carbonyl (C=O) groups excluding carboxylic acids is 5. The van der Waals surface area contributed by atoms with Crippen molar-refractivity contribution in [1.29, 1.82) is 0 Å². The third-order valence-electron chi connectivity index (χ3n) is 3.17. The molecule has 0 unspecified atom stereocenters. The minimum atomic E-state index is -0.669. The van der Waals surface area contributed by atoms with Crippen molar-refractivity contribution in [2.45, 2.75) is 46.0 Å². The Kier molecular flexibility index (Phi) is 7.11. The summed E-state index contributed by atoms with van der Waals surface area (Å²) in [4.78, 5) is 62.7. The molecule has 4 amide bonds. The van der Waals surface area contributed by atoms with Gasteiger partial charge < -0.3 is 4.84 Å². The monoisotopic (exact) mass is 324 g/mol. The lowest BCUT2D eigenvalue weighted by Crippen LogP contribution is -2.36. The summed E-state index contributed by atoms with van der Waals surface area (Å²) < 4.78 is 0. The first-order chi connectivity index (χ1) is 10.9. The van der Waals surface area contributed by atoms with E-state index >= 15 is 0 Å². The Morgan fingerprint density at radius 3 is 2.22 bits per heavy atom. The lowest BCUT2D eigenvalue weighted by Gasteiger charge is -2.16. The summed E-state index contributed by atoms with van der Waals surface area (Å²) in [6, 6.07) is 0. The van der Waals surface area contributed by atoms with Crippen molar-refractivity contribution in [3.05, 3.63) is 12.2 Å². The molecular weight excluding hydrogens is 304 g/mol. The fourth-order valence-electron chi connectivity index (χ4n) is 1.95. The maximum atomic E-state index is 11.6. The van der Waals surface area contributed by atoms with E-state index in [1.807, 2.05) is 0 Å². The third kappa shape index (κ3) is 5.65. The van der Waals surface area contributed by atoms with Crippen LogP contribution in [0.15, 0.2) is 12.2 Å². The highest BCUT2D eigenvalue weighted by atomic mass is 16.7. The first-order valence-electron chi connectivity index (χ1n) is 7.44. The molecule has 0 aliphatic carbocycles. The van der Waals surface area contributed by atoms with Crippen molar-refractivity contribution in [2.24, 2.45) is 0 Å². The Balaban J connectivity index is 2.23. The molecule has 0 saturated carbocycles. The standard InChI is InChI=1S/C15H20N2O6/c1-3-12(19)17(11(2)18)23-15(22)7-5-4-6-10-16-13(20)8-9-14(16)21/h8-9H,3-7,10H2,1-2H3. The van der Waals surface area contributed by atoms with Crippen molar-refractivity contribution in [3.63, 3.8) is 0 Å². The zero-order valence-corrected chi connectivity index (χ0v) is 13.2. The van der Waals surface area contributed by atoms with Gasteiger partial charge in [-0.2, -0.15) is 0 Å². The van der Waals surface area contributed by atoms with Crippen LogP contribution in [0.25, 0.3) is 0 Å². The third-order valence-corrected chi connectivity index (χ3v) is 3.17. The molecule has 0 saturated heterocycles. The van der Waals surface area contributed by atoms with Crippen molar-refractivity contribution in [2.75, 3.05) is 6.54 Å². The van der Waals surface area contributed by atoms with Crippen molar-refractivity contribution < 1.29 is 28.8 Å². The lowest BCUT2D eigenvalue weighted by atomic mass is 10.2. The molecule has 1 heterocycles. The second-order valence-corrected chi connectivity index (χ2v) is 5.00. The van der Waals surface area contributed by atoms with E-state index in [9.17, 15) is 24.0 Å². The first-order valence-corrected chi connectivity index (χ1v) is 7.44. The van der Waals surface area contributed by atoms with Gasteiger partial charge in [0.05, 0.1) is 0 Å². The SMILES string of the molecule is CCC(=O)N(OC(=O)CCCCCN1C(=O)C=CC1=O)C(C)=O. The number of hydrogen-bond donors (Lipinski definition) is 0. The summed E-state index contributed by atoms with van der Waals surface area (Å²) in [6.45, 7) is 2.99. The molecule has 0 aromatic carbocycles. The Morgan fingerprint density at radius 1 is 1.09 bits per heavy atom. The first kappa shape index (κ1) is 18.5. The van der Waals surface area contributed by atoms with Gasteiger partial charge in [-0.1, -0.05) is 13.3 Å². The van der Waals surface area contributed by atoms with E-state index < -0.39 is 17.8 Å². The quantitative estimate of drug-likeness (QED) is 0.388. The average molecular weight is 324 g/mol. The lowest BCUT2D eigenvalue weighted by molar-refractivity contribution is -0.201. The van der Waals surface area contributed by atoms with E-state index in [1.54, 1.807) is 6.92 Å². The molecule has 0 radical (unpaired) electrons. The number of carbonyl (C=O) groups is 5. The number of rotatable bonds is 7. The van der Waals surface area contributed by atoms with Gasteiger partial charge >= 0.3 is 5.97 Å². The summed E-state index contributed by atoms with van der Waals surface area (Å²) in [5.74, 6) is -2.56. The van der Waals surface area contributed by atoms with Crippen LogP contribution in [-0.2, 0) is 28.8 Å². The van der Waals surface area contributed by atoms with Gasteiger partial charge in [0.15, 0.2) is 0 Å². The molecule has 1 aliphatic heterocycles. The van der Waals surface area contributed by atoms with Crippen molar-refractivity contribution in [1.82, 2.24) is 9.96 Å². The van der Waals surface area contributed by atoms with E-state index in [4.69, 9.17) is 4.84 Å². The van der Waals surface area contributed by atoms with Gasteiger partial charge in [0.25, 0.3) is 23.6 Å². The second-order valence-electron chi connectivity index (χ2n) is 5.00. The predicted octanol–water partition coefficient (Wildman–Crippen LogP) is 0.715. The Morgan fingerprint density at radius 2 is 1.70 bits per heavy atom. The summed E-state index contributed by atoms with van der Waals surface area (Å²) in [5, 5.41) is 0.468. The number of hydrogen-bond acceptors (Lipinski definition) is 6. The van der Waals surface area contributed by atoms with Gasteiger partial charge in [-0.15, -0.1) is 5.06 Å². The molecule has 23 heavy (non-hydrogen) atoms. The minimum absolute atomic E-state index is 0.0426. The van der Waals surface area contributed by atoms with Crippen LogP contribution in [0, 0.1) is 0 Å². The van der Waals surface area contributed by atoms with Crippen LogP contribution in [0.1, 0.15) is 46.0 Å². The molecule has 126 valence electrons. The molecule has 1 rings (SSSR count). The number of nitrogens with zero attached hydrogens (tertiary/aromatic N) is 2. The zero-order chi connectivity index (χ0) is 17.4.